The van der Waals surface area contributed by atoms with E-state index in [9.17, 15) is 4.79 Å². The van der Waals surface area contributed by atoms with Crippen LogP contribution in [0.2, 0.25) is 5.02 Å². The molecule has 0 aliphatic carbocycles. The molecule has 0 spiro atoms. The molecule has 0 saturated carbocycles. The third-order valence-corrected chi connectivity index (χ3v) is 6.83. The molecule has 5 aromatic rings. The zero-order valence-corrected chi connectivity index (χ0v) is 18.8. The molecule has 4 heterocycles. The minimum atomic E-state index is -0.101. The van der Waals surface area contributed by atoms with Crippen LogP contribution in [0.4, 0.5) is 0 Å². The average Bonchev–Trinajstić information content (AvgIpc) is 3.43. The summed E-state index contributed by atoms with van der Waals surface area (Å²) in [4.78, 5) is 18.1. The first kappa shape index (κ1) is 20.0. The average molecular weight is 466 g/mol. The molecule has 154 valence electrons. The fourth-order valence-electron chi connectivity index (χ4n) is 3.25. The minimum absolute atomic E-state index is 0.101. The zero-order valence-electron chi connectivity index (χ0n) is 16.4. The van der Waals surface area contributed by atoms with Gasteiger partial charge in [-0.25, -0.2) is 4.98 Å². The van der Waals surface area contributed by atoms with Gasteiger partial charge in [0.15, 0.2) is 11.0 Å². The number of hydrogen-bond donors (Lipinski definition) is 0. The number of pyridine rings is 1. The second-order valence-corrected chi connectivity index (χ2v) is 9.18. The lowest BCUT2D eigenvalue weighted by molar-refractivity contribution is 0.885. The molecular formula is C22H16ClN5OS2. The van der Waals surface area contributed by atoms with Crippen molar-refractivity contribution in [1.29, 1.82) is 0 Å². The highest BCUT2D eigenvalue weighted by Crippen LogP contribution is 2.33. The van der Waals surface area contributed by atoms with Crippen LogP contribution in [0.5, 0.6) is 0 Å². The Labute approximate surface area is 191 Å². The number of benzene rings is 1. The number of thioether (sulfide) groups is 1. The molecule has 0 bridgehead atoms. The Bertz CT molecular complexity index is 1440. The number of halogens is 1. The van der Waals surface area contributed by atoms with Crippen LogP contribution in [0.3, 0.4) is 0 Å². The number of hydrogen-bond acceptors (Lipinski definition) is 6. The maximum absolute atomic E-state index is 12.5. The van der Waals surface area contributed by atoms with E-state index < -0.39 is 0 Å². The van der Waals surface area contributed by atoms with Crippen LogP contribution < -0.4 is 5.56 Å². The summed E-state index contributed by atoms with van der Waals surface area (Å²) < 4.78 is 3.51. The van der Waals surface area contributed by atoms with E-state index in [-0.39, 0.29) is 5.56 Å². The van der Waals surface area contributed by atoms with Gasteiger partial charge in [0.1, 0.15) is 5.65 Å². The lowest BCUT2D eigenvalue weighted by Crippen LogP contribution is -2.15. The van der Waals surface area contributed by atoms with Crippen molar-refractivity contribution in [2.24, 2.45) is 0 Å². The first-order valence-corrected chi connectivity index (χ1v) is 11.7. The first-order chi connectivity index (χ1) is 15.1. The number of fused-ring (bicyclic) bond motifs is 1. The Kier molecular flexibility index (Phi) is 5.35. The smallest absolute Gasteiger partial charge is 0.258 e. The van der Waals surface area contributed by atoms with Crippen molar-refractivity contribution in [3.8, 4) is 16.4 Å². The van der Waals surface area contributed by atoms with E-state index >= 15 is 0 Å². The molecule has 0 N–H and O–H groups in total. The molecule has 0 fully saturated rings. The summed E-state index contributed by atoms with van der Waals surface area (Å²) in [5, 5.41) is 12.1. The van der Waals surface area contributed by atoms with Crippen molar-refractivity contribution in [2.75, 3.05) is 0 Å². The summed E-state index contributed by atoms with van der Waals surface area (Å²) in [5.41, 5.74) is 3.02. The molecule has 9 heteroatoms. The summed E-state index contributed by atoms with van der Waals surface area (Å²) >= 11 is 9.56. The Morgan fingerprint density at radius 1 is 1.10 bits per heavy atom. The normalized spacial score (nSPS) is 11.3. The van der Waals surface area contributed by atoms with E-state index in [0.29, 0.717) is 27.3 Å². The van der Waals surface area contributed by atoms with Gasteiger partial charge in [0.2, 0.25) is 0 Å². The second kappa shape index (κ2) is 8.30. The molecule has 0 amide bonds. The van der Waals surface area contributed by atoms with Gasteiger partial charge in [-0.1, -0.05) is 47.6 Å². The van der Waals surface area contributed by atoms with Gasteiger partial charge in [0.25, 0.3) is 5.56 Å². The van der Waals surface area contributed by atoms with Crippen LogP contribution in [0.25, 0.3) is 22.0 Å². The number of rotatable bonds is 5. The van der Waals surface area contributed by atoms with Gasteiger partial charge in [-0.3, -0.25) is 13.8 Å². The fourth-order valence-corrected chi connectivity index (χ4v) is 5.01. The zero-order chi connectivity index (χ0) is 21.4. The SMILES string of the molecule is Cc1ccc2nc(CSc3nnc(-c4cccs4)n3-c3ccccc3Cl)cc(=O)n2c1. The molecular weight excluding hydrogens is 450 g/mol. The lowest BCUT2D eigenvalue weighted by Gasteiger charge is -2.11. The predicted octanol–water partition coefficient (Wildman–Crippen LogP) is 5.26. The minimum Gasteiger partial charge on any atom is -0.269 e. The Hall–Kier alpha value is -2.94. The maximum atomic E-state index is 12.5. The van der Waals surface area contributed by atoms with Gasteiger partial charge in [0.05, 0.1) is 21.3 Å². The highest BCUT2D eigenvalue weighted by molar-refractivity contribution is 7.98. The first-order valence-electron chi connectivity index (χ1n) is 9.46. The largest absolute Gasteiger partial charge is 0.269 e. The summed E-state index contributed by atoms with van der Waals surface area (Å²) in [6.07, 6.45) is 1.79. The van der Waals surface area contributed by atoms with Crippen LogP contribution in [0.1, 0.15) is 11.3 Å². The van der Waals surface area contributed by atoms with E-state index in [0.717, 1.165) is 22.0 Å². The number of nitrogens with zero attached hydrogens (tertiary/aromatic N) is 5. The summed E-state index contributed by atoms with van der Waals surface area (Å²) in [6, 6.07) is 17.0. The fraction of sp³-hybridized carbons (Fsp3) is 0.0909. The molecule has 4 aromatic heterocycles. The predicted molar refractivity (Wildman–Crippen MR) is 125 cm³/mol. The molecule has 6 nitrogen and oxygen atoms in total. The van der Waals surface area contributed by atoms with Crippen LogP contribution >= 0.6 is 34.7 Å². The molecule has 31 heavy (non-hydrogen) atoms. The quantitative estimate of drug-likeness (QED) is 0.331. The second-order valence-electron chi connectivity index (χ2n) is 6.88. The van der Waals surface area contributed by atoms with E-state index in [1.807, 2.05) is 65.4 Å². The maximum Gasteiger partial charge on any atom is 0.258 e. The summed E-state index contributed by atoms with van der Waals surface area (Å²) in [7, 11) is 0. The number of para-hydroxylation sites is 1. The van der Waals surface area contributed by atoms with E-state index in [1.165, 1.54) is 11.8 Å². The van der Waals surface area contributed by atoms with E-state index in [4.69, 9.17) is 11.6 Å². The summed E-state index contributed by atoms with van der Waals surface area (Å²) in [6.45, 7) is 1.95. The molecule has 0 aliphatic heterocycles. The third kappa shape index (κ3) is 3.89. The van der Waals surface area contributed by atoms with Crippen molar-refractivity contribution in [3.05, 3.63) is 92.8 Å². The highest BCUT2D eigenvalue weighted by Gasteiger charge is 2.19. The molecule has 1 aromatic carbocycles. The van der Waals surface area contributed by atoms with Gasteiger partial charge < -0.3 is 0 Å². The molecule has 0 aliphatic rings. The van der Waals surface area contributed by atoms with Gasteiger partial charge in [-0.05, 0) is 42.1 Å². The molecule has 0 atom stereocenters. The van der Waals surface area contributed by atoms with Crippen LogP contribution in [0, 0.1) is 6.92 Å². The van der Waals surface area contributed by atoms with Gasteiger partial charge >= 0.3 is 0 Å². The van der Waals surface area contributed by atoms with Crippen molar-refractivity contribution in [1.82, 2.24) is 24.1 Å². The van der Waals surface area contributed by atoms with Crippen LogP contribution in [-0.2, 0) is 5.75 Å². The van der Waals surface area contributed by atoms with E-state index in [2.05, 4.69) is 15.2 Å². The molecule has 0 radical (unpaired) electrons. The van der Waals surface area contributed by atoms with Crippen LogP contribution in [0.15, 0.2) is 76.1 Å². The standard InChI is InChI=1S/C22H16ClN5OS2/c1-14-8-9-19-24-15(11-20(29)27(19)12-14)13-31-22-26-25-21(18-7-4-10-30-18)28(22)17-6-3-2-5-16(17)23/h2-12H,13H2,1H3. The number of thiophene rings is 1. The molecule has 0 saturated heterocycles. The number of aryl methyl sites for hydroxylation is 1. The monoisotopic (exact) mass is 465 g/mol. The number of aromatic nitrogens is 5. The Morgan fingerprint density at radius 2 is 1.97 bits per heavy atom. The van der Waals surface area contributed by atoms with Gasteiger partial charge in [-0.15, -0.1) is 21.5 Å². The van der Waals surface area contributed by atoms with E-state index in [1.54, 1.807) is 28.0 Å². The van der Waals surface area contributed by atoms with Gasteiger partial charge in [0, 0.05) is 18.0 Å². The highest BCUT2D eigenvalue weighted by atomic mass is 35.5. The lowest BCUT2D eigenvalue weighted by atomic mass is 10.3. The van der Waals surface area contributed by atoms with Crippen molar-refractivity contribution >= 4 is 40.3 Å². The third-order valence-electron chi connectivity index (χ3n) is 4.68. The molecule has 0 unspecified atom stereocenters. The van der Waals surface area contributed by atoms with Gasteiger partial charge in [-0.2, -0.15) is 0 Å². The van der Waals surface area contributed by atoms with Crippen LogP contribution in [-0.4, -0.2) is 24.1 Å². The van der Waals surface area contributed by atoms with Crippen molar-refractivity contribution in [2.45, 2.75) is 17.8 Å². The molecule has 5 rings (SSSR count). The topological polar surface area (TPSA) is 65.1 Å². The Balaban J connectivity index is 1.53. The Morgan fingerprint density at radius 3 is 2.77 bits per heavy atom. The van der Waals surface area contributed by atoms with Crippen molar-refractivity contribution in [3.63, 3.8) is 0 Å². The van der Waals surface area contributed by atoms with Crippen molar-refractivity contribution < 1.29 is 0 Å². The summed E-state index contributed by atoms with van der Waals surface area (Å²) in [5.74, 6) is 1.21.